The van der Waals surface area contributed by atoms with Gasteiger partial charge in [-0.2, -0.15) is 0 Å². The highest BCUT2D eigenvalue weighted by molar-refractivity contribution is 5.78. The van der Waals surface area contributed by atoms with Gasteiger partial charge in [-0.3, -0.25) is 4.99 Å². The molecule has 0 fully saturated rings. The number of hydrogen-bond donors (Lipinski definition) is 2. The minimum Gasteiger partial charge on any atom is -0.370 e. The minimum atomic E-state index is 0.420. The van der Waals surface area contributed by atoms with Crippen molar-refractivity contribution in [2.75, 3.05) is 6.54 Å². The summed E-state index contributed by atoms with van der Waals surface area (Å²) in [6.07, 6.45) is 2.38. The molecule has 3 heteroatoms. The zero-order valence-corrected chi connectivity index (χ0v) is 10.9. The van der Waals surface area contributed by atoms with Crippen molar-refractivity contribution < 1.29 is 0 Å². The van der Waals surface area contributed by atoms with E-state index in [0.717, 1.165) is 18.9 Å². The van der Waals surface area contributed by atoms with Crippen LogP contribution in [0.15, 0.2) is 4.99 Å². The zero-order valence-electron chi connectivity index (χ0n) is 10.9. The average Bonchev–Trinajstić information content (AvgIpc) is 2.11. The summed E-state index contributed by atoms with van der Waals surface area (Å²) in [5.74, 6) is 1.90. The molecule has 0 aromatic heterocycles. The monoisotopic (exact) mass is 213 g/mol. The van der Waals surface area contributed by atoms with Gasteiger partial charge in [0, 0.05) is 12.6 Å². The molecule has 0 radical (unpaired) electrons. The van der Waals surface area contributed by atoms with Crippen molar-refractivity contribution in [1.29, 1.82) is 0 Å². The summed E-state index contributed by atoms with van der Waals surface area (Å²) in [5.41, 5.74) is 5.77. The van der Waals surface area contributed by atoms with Gasteiger partial charge in [0.2, 0.25) is 0 Å². The third kappa shape index (κ3) is 9.57. The fourth-order valence-electron chi connectivity index (χ4n) is 1.23. The molecular weight excluding hydrogens is 186 g/mol. The second kappa shape index (κ2) is 7.55. The van der Waals surface area contributed by atoms with Crippen molar-refractivity contribution in [2.45, 2.75) is 53.5 Å². The van der Waals surface area contributed by atoms with Crippen LogP contribution in [-0.2, 0) is 0 Å². The second-order valence-corrected chi connectivity index (χ2v) is 5.14. The Morgan fingerprint density at radius 3 is 2.13 bits per heavy atom. The molecular formula is C12H27N3. The summed E-state index contributed by atoms with van der Waals surface area (Å²) in [5, 5.41) is 3.22. The van der Waals surface area contributed by atoms with Crippen LogP contribution in [0.25, 0.3) is 0 Å². The van der Waals surface area contributed by atoms with E-state index in [1.165, 1.54) is 6.42 Å². The Bertz CT molecular complexity index is 185. The Kier molecular flexibility index (Phi) is 7.18. The summed E-state index contributed by atoms with van der Waals surface area (Å²) in [4.78, 5) is 4.27. The Hall–Kier alpha value is -0.730. The molecule has 0 aromatic carbocycles. The van der Waals surface area contributed by atoms with Gasteiger partial charge in [0.25, 0.3) is 0 Å². The lowest BCUT2D eigenvalue weighted by Crippen LogP contribution is -2.38. The van der Waals surface area contributed by atoms with Crippen molar-refractivity contribution in [1.82, 2.24) is 5.32 Å². The summed E-state index contributed by atoms with van der Waals surface area (Å²) in [7, 11) is 0. The lowest BCUT2D eigenvalue weighted by molar-refractivity contribution is 0.491. The van der Waals surface area contributed by atoms with E-state index >= 15 is 0 Å². The molecule has 0 aliphatic heterocycles. The normalized spacial score (nSPS) is 14.7. The van der Waals surface area contributed by atoms with Crippen molar-refractivity contribution in [3.8, 4) is 0 Å². The smallest absolute Gasteiger partial charge is 0.188 e. The molecule has 0 aliphatic carbocycles. The number of hydrogen-bond acceptors (Lipinski definition) is 1. The highest BCUT2D eigenvalue weighted by Crippen LogP contribution is 2.05. The fraction of sp³-hybridized carbons (Fsp3) is 0.917. The van der Waals surface area contributed by atoms with Crippen molar-refractivity contribution in [3.05, 3.63) is 0 Å². The van der Waals surface area contributed by atoms with Gasteiger partial charge in [-0.15, -0.1) is 0 Å². The molecule has 3 N–H and O–H groups in total. The third-order valence-corrected chi connectivity index (χ3v) is 2.20. The number of guanidine groups is 1. The first kappa shape index (κ1) is 14.3. The number of nitrogens with one attached hydrogen (secondary N) is 1. The largest absolute Gasteiger partial charge is 0.370 e. The SMILES string of the molecule is CC(C)CCC(C)NC(N)=NCC(C)C. The van der Waals surface area contributed by atoms with Crippen molar-refractivity contribution in [3.63, 3.8) is 0 Å². The topological polar surface area (TPSA) is 50.4 Å². The number of aliphatic imine (C=N–C) groups is 1. The quantitative estimate of drug-likeness (QED) is 0.526. The van der Waals surface area contributed by atoms with Gasteiger partial charge >= 0.3 is 0 Å². The first-order valence-corrected chi connectivity index (χ1v) is 5.98. The molecule has 0 heterocycles. The van der Waals surface area contributed by atoms with Crippen LogP contribution >= 0.6 is 0 Å². The standard InChI is InChI=1S/C12H27N3/c1-9(2)6-7-11(5)15-12(13)14-8-10(3)4/h9-11H,6-8H2,1-5H3,(H3,13,14,15). The van der Waals surface area contributed by atoms with E-state index in [1.54, 1.807) is 0 Å². The molecule has 15 heavy (non-hydrogen) atoms. The summed E-state index contributed by atoms with van der Waals surface area (Å²) >= 11 is 0. The van der Waals surface area contributed by atoms with Crippen LogP contribution in [0.5, 0.6) is 0 Å². The van der Waals surface area contributed by atoms with E-state index in [-0.39, 0.29) is 0 Å². The molecule has 1 atom stereocenters. The van der Waals surface area contributed by atoms with E-state index < -0.39 is 0 Å². The van der Waals surface area contributed by atoms with Crippen LogP contribution < -0.4 is 11.1 Å². The van der Waals surface area contributed by atoms with E-state index in [1.807, 2.05) is 0 Å². The molecule has 0 rings (SSSR count). The maximum absolute atomic E-state index is 5.77. The molecule has 0 aromatic rings. The molecule has 1 unspecified atom stereocenters. The van der Waals surface area contributed by atoms with Gasteiger partial charge in [0.05, 0.1) is 0 Å². The number of nitrogens with two attached hydrogens (primary N) is 1. The van der Waals surface area contributed by atoms with E-state index in [9.17, 15) is 0 Å². The molecule has 0 saturated heterocycles. The van der Waals surface area contributed by atoms with Crippen LogP contribution in [0.4, 0.5) is 0 Å². The van der Waals surface area contributed by atoms with E-state index in [2.05, 4.69) is 44.9 Å². The van der Waals surface area contributed by atoms with Crippen LogP contribution in [0.2, 0.25) is 0 Å². The maximum Gasteiger partial charge on any atom is 0.188 e. The second-order valence-electron chi connectivity index (χ2n) is 5.14. The van der Waals surface area contributed by atoms with Gasteiger partial charge in [-0.05, 0) is 31.6 Å². The number of rotatable bonds is 6. The molecule has 0 saturated carbocycles. The third-order valence-electron chi connectivity index (χ3n) is 2.20. The fourth-order valence-corrected chi connectivity index (χ4v) is 1.23. The number of nitrogens with zero attached hydrogens (tertiary/aromatic N) is 1. The first-order valence-electron chi connectivity index (χ1n) is 5.98. The van der Waals surface area contributed by atoms with Crippen LogP contribution in [0.1, 0.15) is 47.5 Å². The van der Waals surface area contributed by atoms with Crippen LogP contribution in [0.3, 0.4) is 0 Å². The molecule has 0 amide bonds. The highest BCUT2D eigenvalue weighted by Gasteiger charge is 2.04. The summed E-state index contributed by atoms with van der Waals surface area (Å²) in [6, 6.07) is 0.420. The molecule has 0 spiro atoms. The van der Waals surface area contributed by atoms with Gasteiger partial charge < -0.3 is 11.1 Å². The Morgan fingerprint density at radius 1 is 1.07 bits per heavy atom. The predicted octanol–water partition coefficient (Wildman–Crippen LogP) is 2.37. The predicted molar refractivity (Wildman–Crippen MR) is 68.0 cm³/mol. The first-order chi connectivity index (χ1) is 6.91. The average molecular weight is 213 g/mol. The van der Waals surface area contributed by atoms with E-state index in [0.29, 0.717) is 17.9 Å². The Morgan fingerprint density at radius 2 is 1.67 bits per heavy atom. The molecule has 0 bridgehead atoms. The molecule has 3 nitrogen and oxygen atoms in total. The van der Waals surface area contributed by atoms with Crippen LogP contribution in [0, 0.1) is 11.8 Å². The lowest BCUT2D eigenvalue weighted by Gasteiger charge is -2.15. The van der Waals surface area contributed by atoms with Gasteiger partial charge in [-0.25, -0.2) is 0 Å². The van der Waals surface area contributed by atoms with Gasteiger partial charge in [0.1, 0.15) is 0 Å². The maximum atomic E-state index is 5.77. The Labute approximate surface area is 94.5 Å². The van der Waals surface area contributed by atoms with Gasteiger partial charge in [0.15, 0.2) is 5.96 Å². The lowest BCUT2D eigenvalue weighted by atomic mass is 10.0. The van der Waals surface area contributed by atoms with Crippen LogP contribution in [-0.4, -0.2) is 18.5 Å². The van der Waals surface area contributed by atoms with Crippen molar-refractivity contribution in [2.24, 2.45) is 22.6 Å². The zero-order chi connectivity index (χ0) is 11.8. The molecule has 90 valence electrons. The van der Waals surface area contributed by atoms with Crippen molar-refractivity contribution >= 4 is 5.96 Å². The van der Waals surface area contributed by atoms with E-state index in [4.69, 9.17) is 5.73 Å². The van der Waals surface area contributed by atoms with Gasteiger partial charge in [-0.1, -0.05) is 27.7 Å². The summed E-state index contributed by atoms with van der Waals surface area (Å²) < 4.78 is 0. The Balaban J connectivity index is 3.74. The molecule has 0 aliphatic rings. The minimum absolute atomic E-state index is 0.420. The summed E-state index contributed by atoms with van der Waals surface area (Å²) in [6.45, 7) is 11.7. The highest BCUT2D eigenvalue weighted by atomic mass is 15.1.